The third kappa shape index (κ3) is 11.9. The van der Waals surface area contributed by atoms with Crippen molar-refractivity contribution in [1.29, 1.82) is 0 Å². The largest absolute Gasteiger partial charge is 0.463 e. The lowest BCUT2D eigenvalue weighted by molar-refractivity contribution is -0.383. The number of unbranched alkanes of at least 4 members (excludes halogenated alkanes) is 8. The van der Waals surface area contributed by atoms with Gasteiger partial charge in [-0.1, -0.05) is 64.0 Å². The van der Waals surface area contributed by atoms with Crippen LogP contribution < -0.4 is 0 Å². The van der Waals surface area contributed by atoms with E-state index >= 15 is 0 Å². The summed E-state index contributed by atoms with van der Waals surface area (Å²) >= 11 is 0. The molecule has 0 aliphatic carbocycles. The number of hydrogen-bond donors (Lipinski definition) is 8. The van der Waals surface area contributed by atoms with Crippen LogP contribution in [0.15, 0.2) is 12.2 Å². The van der Waals surface area contributed by atoms with E-state index in [1.54, 1.807) is 0 Å². The van der Waals surface area contributed by atoms with E-state index in [1.165, 1.54) is 19.3 Å². The van der Waals surface area contributed by atoms with Gasteiger partial charge in [-0.2, -0.15) is 0 Å². The molecule has 2 aliphatic rings. The SMILES string of the molecule is CCCCCCC(O)C/C=C\CCCCCCCC(=O)OC[C@H]1O[C@H](O[C@]2(CO)O[C@H](CO)[C@@H](O)[C@@H]2O)[C@H](O)[C@@H](O)[C@@H]1O. The van der Waals surface area contributed by atoms with Crippen molar-refractivity contribution in [3.63, 3.8) is 0 Å². The summed E-state index contributed by atoms with van der Waals surface area (Å²) in [6, 6.07) is 0. The maximum Gasteiger partial charge on any atom is 0.305 e. The van der Waals surface area contributed by atoms with E-state index in [2.05, 4.69) is 19.1 Å². The van der Waals surface area contributed by atoms with Crippen LogP contribution in [-0.4, -0.2) is 128 Å². The van der Waals surface area contributed by atoms with Gasteiger partial charge in [0.1, 0.15) is 55.9 Å². The Morgan fingerprint density at radius 2 is 1.56 bits per heavy atom. The molecule has 2 aliphatic heterocycles. The summed E-state index contributed by atoms with van der Waals surface area (Å²) in [6.45, 7) is 0.0247. The summed E-state index contributed by atoms with van der Waals surface area (Å²) in [5.41, 5.74) is 0. The van der Waals surface area contributed by atoms with Gasteiger partial charge < -0.3 is 59.8 Å². The van der Waals surface area contributed by atoms with Gasteiger partial charge >= 0.3 is 5.97 Å². The first-order valence-electron chi connectivity index (χ1n) is 15.7. The van der Waals surface area contributed by atoms with Crippen LogP contribution in [0.2, 0.25) is 0 Å². The first kappa shape index (κ1) is 38.0. The van der Waals surface area contributed by atoms with Gasteiger partial charge in [-0.25, -0.2) is 0 Å². The number of aliphatic hydroxyl groups excluding tert-OH is 8. The van der Waals surface area contributed by atoms with Crippen molar-refractivity contribution in [3.8, 4) is 0 Å². The maximum atomic E-state index is 12.2. The van der Waals surface area contributed by atoms with Gasteiger partial charge in [-0.15, -0.1) is 0 Å². The lowest BCUT2D eigenvalue weighted by atomic mass is 9.99. The molecule has 2 heterocycles. The molecular formula is C30H54O13. The molecule has 0 bridgehead atoms. The molecule has 0 radical (unpaired) electrons. The summed E-state index contributed by atoms with van der Waals surface area (Å²) in [6.07, 6.45) is 2.61. The minimum absolute atomic E-state index is 0.151. The zero-order valence-corrected chi connectivity index (χ0v) is 25.3. The van der Waals surface area contributed by atoms with Crippen molar-refractivity contribution >= 4 is 5.97 Å². The standard InChI is InChI=1S/C30H54O13/c1-2-3-4-11-14-20(33)15-12-9-7-5-6-8-10-13-16-23(34)40-18-22-24(35)26(37)27(38)29(41-22)43-30(19-32)28(39)25(36)21(17-31)42-30/h9,12,20-22,24-29,31-33,35-39H,2-8,10-11,13-19H2,1H3/b12-9-/t20?,21-,22-,24-,25-,26+,27-,28+,29-,30+/m1/s1. The van der Waals surface area contributed by atoms with Crippen molar-refractivity contribution in [2.75, 3.05) is 19.8 Å². The van der Waals surface area contributed by atoms with E-state index in [-0.39, 0.29) is 12.5 Å². The van der Waals surface area contributed by atoms with E-state index < -0.39 is 80.6 Å². The molecule has 252 valence electrons. The lowest BCUT2D eigenvalue weighted by Crippen LogP contribution is -2.62. The van der Waals surface area contributed by atoms with Gasteiger partial charge in [0.2, 0.25) is 5.79 Å². The predicted molar refractivity (Wildman–Crippen MR) is 153 cm³/mol. The number of hydrogen-bond acceptors (Lipinski definition) is 13. The highest BCUT2D eigenvalue weighted by atomic mass is 16.8. The Kier molecular flexibility index (Phi) is 17.7. The molecule has 10 atom stereocenters. The van der Waals surface area contributed by atoms with Crippen molar-refractivity contribution in [1.82, 2.24) is 0 Å². The highest BCUT2D eigenvalue weighted by molar-refractivity contribution is 5.69. The molecule has 2 fully saturated rings. The van der Waals surface area contributed by atoms with Crippen LogP contribution in [0.25, 0.3) is 0 Å². The van der Waals surface area contributed by atoms with Crippen molar-refractivity contribution in [3.05, 3.63) is 12.2 Å². The topological polar surface area (TPSA) is 216 Å². The van der Waals surface area contributed by atoms with Crippen LogP contribution in [0.4, 0.5) is 0 Å². The van der Waals surface area contributed by atoms with Gasteiger partial charge in [-0.3, -0.25) is 4.79 Å². The Hall–Kier alpha value is -1.23. The zero-order chi connectivity index (χ0) is 31.8. The van der Waals surface area contributed by atoms with E-state index in [4.69, 9.17) is 18.9 Å². The van der Waals surface area contributed by atoms with E-state index in [0.717, 1.165) is 44.9 Å². The molecule has 13 nitrogen and oxygen atoms in total. The average Bonchev–Trinajstić information content (AvgIpc) is 3.24. The van der Waals surface area contributed by atoms with Crippen LogP contribution in [0.5, 0.6) is 0 Å². The third-order valence-corrected chi connectivity index (χ3v) is 8.02. The molecule has 0 saturated carbocycles. The van der Waals surface area contributed by atoms with Gasteiger partial charge in [0, 0.05) is 6.42 Å². The highest BCUT2D eigenvalue weighted by Gasteiger charge is 2.58. The van der Waals surface area contributed by atoms with Crippen LogP contribution >= 0.6 is 0 Å². The summed E-state index contributed by atoms with van der Waals surface area (Å²) in [7, 11) is 0. The smallest absolute Gasteiger partial charge is 0.305 e. The minimum atomic E-state index is -2.28. The monoisotopic (exact) mass is 622 g/mol. The predicted octanol–water partition coefficient (Wildman–Crippen LogP) is 0.164. The number of aliphatic hydroxyl groups is 8. The Labute approximate surface area is 254 Å². The minimum Gasteiger partial charge on any atom is -0.463 e. The summed E-state index contributed by atoms with van der Waals surface area (Å²) in [5.74, 6) is -2.81. The fourth-order valence-corrected chi connectivity index (χ4v) is 5.22. The molecule has 2 rings (SSSR count). The molecule has 0 aromatic heterocycles. The van der Waals surface area contributed by atoms with Gasteiger partial charge in [0.25, 0.3) is 0 Å². The van der Waals surface area contributed by atoms with Gasteiger partial charge in [0.15, 0.2) is 6.29 Å². The quantitative estimate of drug-likeness (QED) is 0.0487. The number of allylic oxidation sites excluding steroid dienone is 1. The van der Waals surface area contributed by atoms with Crippen LogP contribution in [0.3, 0.4) is 0 Å². The fourth-order valence-electron chi connectivity index (χ4n) is 5.22. The molecule has 0 aromatic rings. The fraction of sp³-hybridized carbons (Fsp3) is 0.900. The highest BCUT2D eigenvalue weighted by Crippen LogP contribution is 2.36. The summed E-state index contributed by atoms with van der Waals surface area (Å²) in [5, 5.41) is 80.4. The summed E-state index contributed by atoms with van der Waals surface area (Å²) < 4.78 is 21.4. The number of rotatable bonds is 21. The Morgan fingerprint density at radius 3 is 2.23 bits per heavy atom. The van der Waals surface area contributed by atoms with E-state index in [9.17, 15) is 45.6 Å². The van der Waals surface area contributed by atoms with E-state index in [1.807, 2.05) is 0 Å². The number of carbonyl (C=O) groups is 1. The average molecular weight is 623 g/mol. The number of esters is 1. The first-order chi connectivity index (χ1) is 20.6. The molecule has 0 aromatic carbocycles. The zero-order valence-electron chi connectivity index (χ0n) is 25.3. The van der Waals surface area contributed by atoms with Crippen LogP contribution in [-0.2, 0) is 23.7 Å². The third-order valence-electron chi connectivity index (χ3n) is 8.02. The normalized spacial score (nSPS) is 33.7. The number of ether oxygens (including phenoxy) is 4. The van der Waals surface area contributed by atoms with Crippen LogP contribution in [0.1, 0.15) is 90.4 Å². The molecule has 13 heteroatoms. The number of carbonyl (C=O) groups excluding carboxylic acids is 1. The van der Waals surface area contributed by atoms with Gasteiger partial charge in [-0.05, 0) is 32.1 Å². The van der Waals surface area contributed by atoms with Crippen LogP contribution in [0, 0.1) is 0 Å². The van der Waals surface area contributed by atoms with Crippen molar-refractivity contribution in [2.24, 2.45) is 0 Å². The molecule has 1 unspecified atom stereocenters. The Balaban J connectivity index is 1.64. The molecule has 0 amide bonds. The Bertz CT molecular complexity index is 798. The second-order valence-electron chi connectivity index (χ2n) is 11.6. The van der Waals surface area contributed by atoms with E-state index in [0.29, 0.717) is 12.8 Å². The first-order valence-corrected chi connectivity index (χ1v) is 15.7. The van der Waals surface area contributed by atoms with Crippen molar-refractivity contribution in [2.45, 2.75) is 151 Å². The Morgan fingerprint density at radius 1 is 0.860 bits per heavy atom. The molecule has 2 saturated heterocycles. The second-order valence-corrected chi connectivity index (χ2v) is 11.6. The molecular weight excluding hydrogens is 568 g/mol. The van der Waals surface area contributed by atoms with Gasteiger partial charge in [0.05, 0.1) is 12.7 Å². The molecule has 8 N–H and O–H groups in total. The lowest BCUT2D eigenvalue weighted by Gasteiger charge is -2.43. The maximum absolute atomic E-state index is 12.2. The second kappa shape index (κ2) is 20.0. The molecule has 0 spiro atoms. The summed E-state index contributed by atoms with van der Waals surface area (Å²) in [4.78, 5) is 12.2. The molecule has 43 heavy (non-hydrogen) atoms. The van der Waals surface area contributed by atoms with Crippen molar-refractivity contribution < 1.29 is 64.6 Å².